The maximum atomic E-state index is 12.3. The van der Waals surface area contributed by atoms with E-state index in [2.05, 4.69) is 15.3 Å². The van der Waals surface area contributed by atoms with Crippen molar-refractivity contribution in [3.05, 3.63) is 72.4 Å². The van der Waals surface area contributed by atoms with Gasteiger partial charge < -0.3 is 4.74 Å². The number of ether oxygens (including phenoxy) is 1. The van der Waals surface area contributed by atoms with Crippen molar-refractivity contribution >= 4 is 28.5 Å². The molecule has 0 aliphatic heterocycles. The van der Waals surface area contributed by atoms with Gasteiger partial charge in [-0.2, -0.15) is 0 Å². The second-order valence-corrected chi connectivity index (χ2v) is 5.73. The Morgan fingerprint density at radius 2 is 1.74 bits per heavy atom. The molecule has 0 radical (unpaired) electrons. The number of rotatable bonds is 4. The van der Waals surface area contributed by atoms with Crippen LogP contribution >= 0.6 is 0 Å². The Labute approximate surface area is 154 Å². The predicted molar refractivity (Wildman–Crippen MR) is 101 cm³/mol. The molecule has 8 nitrogen and oxygen atoms in total. The minimum absolute atomic E-state index is 0.256. The molecule has 2 N–H and O–H groups in total. The van der Waals surface area contributed by atoms with E-state index in [-0.39, 0.29) is 5.56 Å². The fourth-order valence-corrected chi connectivity index (χ4v) is 2.82. The molecular weight excluding hydrogens is 344 g/mol. The van der Waals surface area contributed by atoms with Crippen LogP contribution in [0.2, 0.25) is 0 Å². The molecule has 0 saturated carbocycles. The highest BCUT2D eigenvalue weighted by atomic mass is 16.5. The third-order valence-electron chi connectivity index (χ3n) is 4.12. The highest BCUT2D eigenvalue weighted by molar-refractivity contribution is 6.05. The number of benzene rings is 2. The van der Waals surface area contributed by atoms with Gasteiger partial charge in [-0.15, -0.1) is 5.10 Å². The Morgan fingerprint density at radius 1 is 1.07 bits per heavy atom. The molecule has 0 amide bonds. The van der Waals surface area contributed by atoms with Crippen LogP contribution < -0.4 is 10.9 Å². The predicted octanol–water partition coefficient (Wildman–Crippen LogP) is 2.61. The van der Waals surface area contributed by atoms with Crippen LogP contribution in [0.3, 0.4) is 0 Å². The van der Waals surface area contributed by atoms with Gasteiger partial charge in [0.05, 0.1) is 18.5 Å². The van der Waals surface area contributed by atoms with Crippen LogP contribution in [0.4, 0.5) is 11.5 Å². The van der Waals surface area contributed by atoms with Crippen LogP contribution in [0.25, 0.3) is 16.7 Å². The van der Waals surface area contributed by atoms with Gasteiger partial charge in [-0.3, -0.25) is 5.01 Å². The van der Waals surface area contributed by atoms with Crippen LogP contribution in [0.5, 0.6) is 0 Å². The number of aromatic nitrogens is 4. The number of nitrogens with two attached hydrogens (primary N) is 1. The summed E-state index contributed by atoms with van der Waals surface area (Å²) in [6.07, 6.45) is 1.43. The number of hydrazine groups is 1. The molecule has 2 heterocycles. The lowest BCUT2D eigenvalue weighted by molar-refractivity contribution is 0.0602. The molecule has 2 aromatic heterocycles. The number of carbonyl (C=O) groups excluding carboxylic acids is 1. The molecule has 8 heteroatoms. The van der Waals surface area contributed by atoms with Gasteiger partial charge in [-0.25, -0.2) is 20.3 Å². The highest BCUT2D eigenvalue weighted by Gasteiger charge is 2.23. The fraction of sp³-hybridized carbons (Fsp3) is 0.0526. The van der Waals surface area contributed by atoms with Gasteiger partial charge >= 0.3 is 5.97 Å². The van der Waals surface area contributed by atoms with Gasteiger partial charge in [0.2, 0.25) is 0 Å². The summed E-state index contributed by atoms with van der Waals surface area (Å²) in [5.74, 6) is 6.12. The van der Waals surface area contributed by atoms with Crippen LogP contribution in [0.1, 0.15) is 10.4 Å². The lowest BCUT2D eigenvalue weighted by Gasteiger charge is -2.18. The largest absolute Gasteiger partial charge is 0.465 e. The minimum Gasteiger partial charge on any atom is -0.465 e. The number of anilines is 2. The number of hydrogen-bond donors (Lipinski definition) is 1. The van der Waals surface area contributed by atoms with E-state index in [0.29, 0.717) is 16.9 Å². The quantitative estimate of drug-likeness (QED) is 0.339. The molecule has 0 spiro atoms. The zero-order chi connectivity index (χ0) is 18.8. The molecule has 0 aliphatic rings. The van der Waals surface area contributed by atoms with E-state index in [9.17, 15) is 4.79 Å². The van der Waals surface area contributed by atoms with E-state index < -0.39 is 5.97 Å². The van der Waals surface area contributed by atoms with Gasteiger partial charge in [0.25, 0.3) is 0 Å². The molecule has 0 aliphatic carbocycles. The second kappa shape index (κ2) is 6.85. The Balaban J connectivity index is 1.96. The lowest BCUT2D eigenvalue weighted by Crippen LogP contribution is -2.26. The summed E-state index contributed by atoms with van der Waals surface area (Å²) in [5.41, 5.74) is 2.61. The molecule has 0 unspecified atom stereocenters. The first-order valence-electron chi connectivity index (χ1n) is 8.18. The summed E-state index contributed by atoms with van der Waals surface area (Å²) in [7, 11) is 1.32. The average Bonchev–Trinajstić information content (AvgIpc) is 3.18. The van der Waals surface area contributed by atoms with Crippen LogP contribution in [-0.2, 0) is 4.74 Å². The smallest absolute Gasteiger partial charge is 0.341 e. The monoisotopic (exact) mass is 360 g/mol. The number of methoxy groups -OCH3 is 1. The van der Waals surface area contributed by atoms with Crippen LogP contribution in [-0.4, -0.2) is 33.1 Å². The summed E-state index contributed by atoms with van der Waals surface area (Å²) in [6, 6.07) is 18.7. The topological polar surface area (TPSA) is 99.2 Å². The fourth-order valence-electron chi connectivity index (χ4n) is 2.82. The SMILES string of the molecule is COC(=O)c1cnc(N(N)c2ccccc2)c2nnn(-c3ccccc3)c12. The number of carbonyl (C=O) groups is 1. The maximum absolute atomic E-state index is 12.3. The molecule has 0 fully saturated rings. The van der Waals surface area contributed by atoms with Crippen molar-refractivity contribution in [2.45, 2.75) is 0 Å². The van der Waals surface area contributed by atoms with Crippen molar-refractivity contribution in [1.29, 1.82) is 0 Å². The third-order valence-corrected chi connectivity index (χ3v) is 4.12. The summed E-state index contributed by atoms with van der Waals surface area (Å²) in [6.45, 7) is 0. The average molecular weight is 360 g/mol. The van der Waals surface area contributed by atoms with E-state index >= 15 is 0 Å². The first kappa shape index (κ1) is 16.7. The van der Waals surface area contributed by atoms with Crippen molar-refractivity contribution in [3.8, 4) is 5.69 Å². The molecule has 0 atom stereocenters. The van der Waals surface area contributed by atoms with Crippen LogP contribution in [0, 0.1) is 0 Å². The Morgan fingerprint density at radius 3 is 2.41 bits per heavy atom. The molecular formula is C19H16N6O2. The first-order valence-corrected chi connectivity index (χ1v) is 8.18. The Kier molecular flexibility index (Phi) is 4.23. The van der Waals surface area contributed by atoms with E-state index in [4.69, 9.17) is 10.6 Å². The lowest BCUT2D eigenvalue weighted by atomic mass is 10.2. The van der Waals surface area contributed by atoms with Gasteiger partial charge in [0, 0.05) is 6.20 Å². The third kappa shape index (κ3) is 2.87. The molecule has 2 aromatic carbocycles. The van der Waals surface area contributed by atoms with Gasteiger partial charge in [0.15, 0.2) is 11.3 Å². The standard InChI is InChI=1S/C19H16N6O2/c1-27-19(26)15-12-21-18(24(20)13-8-4-2-5-9-13)16-17(15)25(23-22-16)14-10-6-3-7-11-14/h2-12H,20H2,1H3. The summed E-state index contributed by atoms with van der Waals surface area (Å²) in [5, 5.41) is 9.87. The number of para-hydroxylation sites is 2. The summed E-state index contributed by atoms with van der Waals surface area (Å²) >= 11 is 0. The second-order valence-electron chi connectivity index (χ2n) is 5.73. The van der Waals surface area contributed by atoms with Crippen molar-refractivity contribution < 1.29 is 9.53 Å². The minimum atomic E-state index is -0.526. The highest BCUT2D eigenvalue weighted by Crippen LogP contribution is 2.30. The zero-order valence-electron chi connectivity index (χ0n) is 14.5. The number of hydrogen-bond acceptors (Lipinski definition) is 7. The van der Waals surface area contributed by atoms with Crippen molar-refractivity contribution in [2.75, 3.05) is 12.1 Å². The molecule has 4 rings (SSSR count). The Bertz CT molecular complexity index is 1100. The van der Waals surface area contributed by atoms with E-state index in [1.54, 1.807) is 4.68 Å². The molecule has 4 aromatic rings. The number of fused-ring (bicyclic) bond motifs is 1. The van der Waals surface area contributed by atoms with E-state index in [1.165, 1.54) is 18.3 Å². The van der Waals surface area contributed by atoms with Crippen molar-refractivity contribution in [2.24, 2.45) is 5.84 Å². The maximum Gasteiger partial charge on any atom is 0.341 e. The van der Waals surface area contributed by atoms with E-state index in [0.717, 1.165) is 11.4 Å². The molecule has 0 bridgehead atoms. The van der Waals surface area contributed by atoms with E-state index in [1.807, 2.05) is 60.7 Å². The van der Waals surface area contributed by atoms with Gasteiger partial charge in [-0.05, 0) is 24.3 Å². The van der Waals surface area contributed by atoms with Gasteiger partial charge in [-0.1, -0.05) is 41.6 Å². The molecule has 27 heavy (non-hydrogen) atoms. The molecule has 134 valence electrons. The van der Waals surface area contributed by atoms with Crippen molar-refractivity contribution in [3.63, 3.8) is 0 Å². The number of esters is 1. The number of nitrogens with zero attached hydrogens (tertiary/aromatic N) is 5. The van der Waals surface area contributed by atoms with Crippen LogP contribution in [0.15, 0.2) is 66.9 Å². The zero-order valence-corrected chi connectivity index (χ0v) is 14.5. The summed E-state index contributed by atoms with van der Waals surface area (Å²) in [4.78, 5) is 16.6. The molecule has 0 saturated heterocycles. The summed E-state index contributed by atoms with van der Waals surface area (Å²) < 4.78 is 6.47. The normalized spacial score (nSPS) is 10.7. The van der Waals surface area contributed by atoms with Crippen molar-refractivity contribution in [1.82, 2.24) is 20.0 Å². The number of pyridine rings is 1. The Hall–Kier alpha value is -3.78. The first-order chi connectivity index (χ1) is 13.2. The van der Waals surface area contributed by atoms with Gasteiger partial charge in [0.1, 0.15) is 11.1 Å².